The molecule has 2 rings (SSSR count). The molecule has 1 amide bonds. The fourth-order valence-corrected chi connectivity index (χ4v) is 2.20. The Hall–Kier alpha value is -1.73. The molecule has 7 heteroatoms. The van der Waals surface area contributed by atoms with Gasteiger partial charge in [0, 0.05) is 25.3 Å². The summed E-state index contributed by atoms with van der Waals surface area (Å²) in [4.78, 5) is 13.8. The number of hydrogen-bond acceptors (Lipinski definition) is 4. The number of nitrogens with zero attached hydrogens (tertiary/aromatic N) is 1. The molecule has 1 unspecified atom stereocenters. The first kappa shape index (κ1) is 14.7. The first-order valence-corrected chi connectivity index (χ1v) is 6.39. The van der Waals surface area contributed by atoms with Gasteiger partial charge in [-0.05, 0) is 25.5 Å². The highest BCUT2D eigenvalue weighted by Crippen LogP contribution is 2.21. The first-order valence-electron chi connectivity index (χ1n) is 6.39. The lowest BCUT2D eigenvalue weighted by Crippen LogP contribution is -2.36. The maximum Gasteiger partial charge on any atom is 0.254 e. The lowest BCUT2D eigenvalue weighted by atomic mass is 10.1. The number of carbonyl (C=O) groups is 1. The number of nitrogen functional groups attached to an aromatic ring is 1. The molecule has 1 heterocycles. The van der Waals surface area contributed by atoms with Crippen molar-refractivity contribution in [3.63, 3.8) is 0 Å². The molecule has 1 atom stereocenters. The van der Waals surface area contributed by atoms with E-state index in [0.29, 0.717) is 26.1 Å². The van der Waals surface area contributed by atoms with E-state index in [2.05, 4.69) is 0 Å². The summed E-state index contributed by atoms with van der Waals surface area (Å²) in [5.41, 5.74) is 1.45. The van der Waals surface area contributed by atoms with Crippen LogP contribution in [-0.4, -0.2) is 36.6 Å². The van der Waals surface area contributed by atoms with Crippen molar-refractivity contribution in [2.75, 3.05) is 25.1 Å². The molecule has 5 nitrogen and oxygen atoms in total. The van der Waals surface area contributed by atoms with Crippen LogP contribution >= 0.6 is 0 Å². The van der Waals surface area contributed by atoms with Crippen LogP contribution in [0.5, 0.6) is 0 Å². The highest BCUT2D eigenvalue weighted by molar-refractivity contribution is 5.94. The SMILES string of the molecule is CC1CN(C(=O)c2cc(F)c(NN)c(F)c2)CCCO1. The standard InChI is InChI=1S/C13H17F2N3O2/c1-8-7-18(3-2-4-20-8)13(19)9-5-10(14)12(17-16)11(15)6-9/h5-6,8,17H,2-4,7,16H2,1H3. The number of nitrogens with two attached hydrogens (primary N) is 1. The predicted molar refractivity (Wildman–Crippen MR) is 70.1 cm³/mol. The lowest BCUT2D eigenvalue weighted by molar-refractivity contribution is 0.0562. The summed E-state index contributed by atoms with van der Waals surface area (Å²) in [6.07, 6.45) is 0.602. The van der Waals surface area contributed by atoms with Crippen LogP contribution in [0.3, 0.4) is 0 Å². The fourth-order valence-electron chi connectivity index (χ4n) is 2.20. The van der Waals surface area contributed by atoms with Gasteiger partial charge in [0.15, 0.2) is 11.6 Å². The minimum atomic E-state index is -0.894. The van der Waals surface area contributed by atoms with Crippen LogP contribution in [0, 0.1) is 11.6 Å². The van der Waals surface area contributed by atoms with Gasteiger partial charge in [0.05, 0.1) is 6.10 Å². The highest BCUT2D eigenvalue weighted by Gasteiger charge is 2.23. The van der Waals surface area contributed by atoms with Crippen LogP contribution in [0.15, 0.2) is 12.1 Å². The molecule has 0 radical (unpaired) electrons. The van der Waals surface area contributed by atoms with Crippen molar-refractivity contribution < 1.29 is 18.3 Å². The predicted octanol–water partition coefficient (Wildman–Crippen LogP) is 1.50. The smallest absolute Gasteiger partial charge is 0.254 e. The molecule has 1 aromatic rings. The molecule has 1 aliphatic heterocycles. The van der Waals surface area contributed by atoms with E-state index in [9.17, 15) is 13.6 Å². The van der Waals surface area contributed by atoms with Crippen molar-refractivity contribution in [3.05, 3.63) is 29.3 Å². The molecule has 110 valence electrons. The zero-order chi connectivity index (χ0) is 14.7. The van der Waals surface area contributed by atoms with Crippen molar-refractivity contribution in [2.45, 2.75) is 19.4 Å². The number of amides is 1. The molecule has 0 bridgehead atoms. The van der Waals surface area contributed by atoms with E-state index < -0.39 is 23.2 Å². The Bertz CT molecular complexity index is 487. The average molecular weight is 285 g/mol. The Balaban J connectivity index is 2.24. The number of carbonyl (C=O) groups excluding carboxylic acids is 1. The number of halogens is 2. The van der Waals surface area contributed by atoms with E-state index >= 15 is 0 Å². The number of ether oxygens (including phenoxy) is 1. The molecule has 1 saturated heterocycles. The maximum absolute atomic E-state index is 13.6. The van der Waals surface area contributed by atoms with Gasteiger partial charge >= 0.3 is 0 Å². The monoisotopic (exact) mass is 285 g/mol. The quantitative estimate of drug-likeness (QED) is 0.638. The van der Waals surface area contributed by atoms with Gasteiger partial charge < -0.3 is 15.1 Å². The Kier molecular flexibility index (Phi) is 4.51. The molecule has 20 heavy (non-hydrogen) atoms. The first-order chi connectivity index (χ1) is 9.52. The summed E-state index contributed by atoms with van der Waals surface area (Å²) in [7, 11) is 0. The number of benzene rings is 1. The molecule has 0 saturated carbocycles. The van der Waals surface area contributed by atoms with Crippen LogP contribution in [0.25, 0.3) is 0 Å². The minimum Gasteiger partial charge on any atom is -0.377 e. The van der Waals surface area contributed by atoms with Crippen LogP contribution in [0.2, 0.25) is 0 Å². The normalized spacial score (nSPS) is 19.6. The summed E-state index contributed by atoms with van der Waals surface area (Å²) in [6, 6.07) is 1.97. The van der Waals surface area contributed by atoms with Crippen LogP contribution in [-0.2, 0) is 4.74 Å². The molecule has 1 aromatic carbocycles. The van der Waals surface area contributed by atoms with E-state index in [-0.39, 0.29) is 11.7 Å². The van der Waals surface area contributed by atoms with E-state index in [1.165, 1.54) is 0 Å². The molecule has 1 aliphatic rings. The van der Waals surface area contributed by atoms with E-state index in [1.807, 2.05) is 12.3 Å². The number of nitrogens with one attached hydrogen (secondary N) is 1. The second-order valence-corrected chi connectivity index (χ2v) is 4.75. The molecular formula is C13H17F2N3O2. The average Bonchev–Trinajstić information content (AvgIpc) is 2.62. The third kappa shape index (κ3) is 3.05. The lowest BCUT2D eigenvalue weighted by Gasteiger charge is -2.22. The Morgan fingerprint density at radius 1 is 1.45 bits per heavy atom. The minimum absolute atomic E-state index is 0.0342. The molecule has 0 aliphatic carbocycles. The summed E-state index contributed by atoms with van der Waals surface area (Å²) in [6.45, 7) is 3.33. The van der Waals surface area contributed by atoms with Crippen molar-refractivity contribution in [2.24, 2.45) is 5.84 Å². The summed E-state index contributed by atoms with van der Waals surface area (Å²) in [5, 5.41) is 0. The molecule has 0 spiro atoms. The van der Waals surface area contributed by atoms with E-state index in [0.717, 1.165) is 12.1 Å². The van der Waals surface area contributed by atoms with Gasteiger partial charge in [-0.25, -0.2) is 8.78 Å². The summed E-state index contributed by atoms with van der Waals surface area (Å²) < 4.78 is 32.7. The second kappa shape index (κ2) is 6.15. The molecule has 1 fully saturated rings. The van der Waals surface area contributed by atoms with Crippen molar-refractivity contribution >= 4 is 11.6 Å². The van der Waals surface area contributed by atoms with Gasteiger partial charge in [0.1, 0.15) is 5.69 Å². The van der Waals surface area contributed by atoms with Crippen LogP contribution in [0.1, 0.15) is 23.7 Å². The van der Waals surface area contributed by atoms with Crippen molar-refractivity contribution in [1.29, 1.82) is 0 Å². The number of anilines is 1. The summed E-state index contributed by atoms with van der Waals surface area (Å²) in [5.74, 6) is 2.82. The Morgan fingerprint density at radius 2 is 2.10 bits per heavy atom. The molecular weight excluding hydrogens is 268 g/mol. The van der Waals surface area contributed by atoms with Gasteiger partial charge in [0.2, 0.25) is 0 Å². The van der Waals surface area contributed by atoms with E-state index in [1.54, 1.807) is 4.90 Å². The van der Waals surface area contributed by atoms with Crippen molar-refractivity contribution in [1.82, 2.24) is 4.90 Å². The third-order valence-electron chi connectivity index (χ3n) is 3.17. The Morgan fingerprint density at radius 3 is 2.70 bits per heavy atom. The molecule has 3 N–H and O–H groups in total. The van der Waals surface area contributed by atoms with Crippen molar-refractivity contribution in [3.8, 4) is 0 Å². The van der Waals surface area contributed by atoms with Gasteiger partial charge in [-0.2, -0.15) is 0 Å². The number of rotatable bonds is 2. The second-order valence-electron chi connectivity index (χ2n) is 4.75. The summed E-state index contributed by atoms with van der Waals surface area (Å²) >= 11 is 0. The van der Waals surface area contributed by atoms with Crippen LogP contribution in [0.4, 0.5) is 14.5 Å². The fraction of sp³-hybridized carbons (Fsp3) is 0.462. The highest BCUT2D eigenvalue weighted by atomic mass is 19.1. The zero-order valence-corrected chi connectivity index (χ0v) is 11.2. The Labute approximate surface area is 115 Å². The van der Waals surface area contributed by atoms with Gasteiger partial charge in [0.25, 0.3) is 5.91 Å². The van der Waals surface area contributed by atoms with E-state index in [4.69, 9.17) is 10.6 Å². The largest absolute Gasteiger partial charge is 0.377 e. The zero-order valence-electron chi connectivity index (χ0n) is 11.2. The number of hydrazine groups is 1. The van der Waals surface area contributed by atoms with Crippen LogP contribution < -0.4 is 11.3 Å². The van der Waals surface area contributed by atoms with Gasteiger partial charge in [-0.15, -0.1) is 0 Å². The van der Waals surface area contributed by atoms with Gasteiger partial charge in [-0.3, -0.25) is 10.6 Å². The van der Waals surface area contributed by atoms with Gasteiger partial charge in [-0.1, -0.05) is 0 Å². The number of hydrogen-bond donors (Lipinski definition) is 2. The third-order valence-corrected chi connectivity index (χ3v) is 3.17. The topological polar surface area (TPSA) is 67.6 Å². The molecule has 0 aromatic heterocycles. The maximum atomic E-state index is 13.6.